The highest BCUT2D eigenvalue weighted by molar-refractivity contribution is 5.84. The fourth-order valence-electron chi connectivity index (χ4n) is 5.07. The van der Waals surface area contributed by atoms with Crippen LogP contribution >= 0.6 is 0 Å². The minimum absolute atomic E-state index is 0.164. The first-order valence-corrected chi connectivity index (χ1v) is 11.4. The van der Waals surface area contributed by atoms with Gasteiger partial charge in [-0.3, -0.25) is 4.99 Å². The number of allylic oxidation sites excluding steroid dienone is 2. The summed E-state index contributed by atoms with van der Waals surface area (Å²) >= 11 is 0. The molecule has 172 valence electrons. The van der Waals surface area contributed by atoms with E-state index in [1.165, 1.54) is 18.1 Å². The maximum absolute atomic E-state index is 14.6. The maximum atomic E-state index is 14.6. The molecule has 34 heavy (non-hydrogen) atoms. The number of benzene rings is 2. The lowest BCUT2D eigenvalue weighted by Crippen LogP contribution is -2.42. The van der Waals surface area contributed by atoms with Crippen molar-refractivity contribution in [1.29, 1.82) is 0 Å². The number of hydrogen-bond acceptors (Lipinski definition) is 5. The number of ether oxygens (including phenoxy) is 2. The first-order valence-electron chi connectivity index (χ1n) is 11.4. The average molecular weight is 459 g/mol. The predicted octanol–water partition coefficient (Wildman–Crippen LogP) is 5.72. The molecule has 0 bridgehead atoms. The van der Waals surface area contributed by atoms with E-state index in [1.54, 1.807) is 18.2 Å². The first kappa shape index (κ1) is 21.0. The van der Waals surface area contributed by atoms with Crippen LogP contribution in [0.2, 0.25) is 0 Å². The van der Waals surface area contributed by atoms with E-state index in [0.29, 0.717) is 28.6 Å². The van der Waals surface area contributed by atoms with Crippen molar-refractivity contribution >= 4 is 11.4 Å². The van der Waals surface area contributed by atoms with Crippen molar-refractivity contribution in [3.63, 3.8) is 0 Å². The molecule has 0 unspecified atom stereocenters. The summed E-state index contributed by atoms with van der Waals surface area (Å²) in [4.78, 5) is 9.51. The van der Waals surface area contributed by atoms with E-state index in [2.05, 4.69) is 17.1 Å². The van der Waals surface area contributed by atoms with Crippen molar-refractivity contribution in [3.05, 3.63) is 83.1 Å². The van der Waals surface area contributed by atoms with Gasteiger partial charge >= 0.3 is 0 Å². The molecule has 1 atom stereocenters. The number of halogens is 2. The monoisotopic (exact) mass is 459 g/mol. The lowest BCUT2D eigenvalue weighted by Gasteiger charge is -2.39. The van der Waals surface area contributed by atoms with Gasteiger partial charge in [-0.15, -0.1) is 0 Å². The van der Waals surface area contributed by atoms with Crippen molar-refractivity contribution in [2.45, 2.75) is 31.2 Å². The van der Waals surface area contributed by atoms with Gasteiger partial charge in [-0.2, -0.15) is 0 Å². The molecule has 0 saturated carbocycles. The number of hydrogen-bond donors (Lipinski definition) is 1. The molecule has 1 spiro atoms. The van der Waals surface area contributed by atoms with Crippen LogP contribution in [0, 0.1) is 11.6 Å². The van der Waals surface area contributed by atoms with Gasteiger partial charge in [0.1, 0.15) is 35.4 Å². The molecule has 0 saturated heterocycles. The normalized spacial score (nSPS) is 21.2. The summed E-state index contributed by atoms with van der Waals surface area (Å²) in [5.41, 5.74) is 9.57. The Bertz CT molecular complexity index is 1370. The number of pyridine rings is 1. The maximum Gasteiger partial charge on any atom is 0.225 e. The van der Waals surface area contributed by atoms with E-state index in [4.69, 9.17) is 20.2 Å². The first-order chi connectivity index (χ1) is 16.5. The van der Waals surface area contributed by atoms with Crippen LogP contribution in [0.25, 0.3) is 16.7 Å². The van der Waals surface area contributed by atoms with Crippen LogP contribution in [0.4, 0.5) is 8.78 Å². The minimum Gasteiger partial charge on any atom is -0.438 e. The third-order valence-corrected chi connectivity index (χ3v) is 6.73. The van der Waals surface area contributed by atoms with E-state index in [1.807, 2.05) is 6.20 Å². The molecule has 0 fully saturated rings. The highest BCUT2D eigenvalue weighted by Gasteiger charge is 2.46. The lowest BCUT2D eigenvalue weighted by molar-refractivity contribution is 0.109. The summed E-state index contributed by atoms with van der Waals surface area (Å²) in [5.74, 6) is 0.313. The summed E-state index contributed by atoms with van der Waals surface area (Å²) < 4.78 is 40.6. The number of aromatic nitrogens is 1. The molecule has 3 heterocycles. The number of aliphatic imine (C=N–C) groups is 1. The largest absolute Gasteiger partial charge is 0.438 e. The lowest BCUT2D eigenvalue weighted by atomic mass is 9.79. The van der Waals surface area contributed by atoms with Crippen LogP contribution in [0.3, 0.4) is 0 Å². The molecule has 1 aromatic heterocycles. The number of nitrogens with two attached hydrogens (primary N) is 1. The van der Waals surface area contributed by atoms with Crippen molar-refractivity contribution in [3.8, 4) is 22.8 Å². The molecule has 7 heteroatoms. The molecular formula is C27H23F2N3O2. The second-order valence-electron chi connectivity index (χ2n) is 8.95. The molecule has 3 aliphatic rings. The van der Waals surface area contributed by atoms with Gasteiger partial charge in [-0.1, -0.05) is 12.1 Å². The molecule has 0 amide bonds. The molecule has 2 aromatic carbocycles. The molecule has 2 aliphatic heterocycles. The van der Waals surface area contributed by atoms with Gasteiger partial charge < -0.3 is 15.2 Å². The standard InChI is InChI=1S/C27H23F2N3O2/c28-19-7-8-23(29)20(12-19)17-6-9-24-21(10-17)27(15-33-14-25(30)32-27)22-11-18(13-31-26(22)34-24)16-4-2-1-3-5-16/h4,6-13H,1-3,5,14-15H2,(H2,30,32)/t27-/m0/s1. The topological polar surface area (TPSA) is 69.7 Å². The fourth-order valence-corrected chi connectivity index (χ4v) is 5.07. The second kappa shape index (κ2) is 8.02. The zero-order chi connectivity index (χ0) is 23.3. The summed E-state index contributed by atoms with van der Waals surface area (Å²) in [6, 6.07) is 10.7. The van der Waals surface area contributed by atoms with Crippen LogP contribution in [-0.4, -0.2) is 24.0 Å². The van der Waals surface area contributed by atoms with Gasteiger partial charge in [0.05, 0.1) is 6.61 Å². The van der Waals surface area contributed by atoms with Gasteiger partial charge in [0.15, 0.2) is 0 Å². The SMILES string of the molecule is NC1=N[C@@]2(COC1)c1cc(-c3cc(F)ccc3F)ccc1Oc1ncc(C3=CCCCC3)cc12. The van der Waals surface area contributed by atoms with Crippen LogP contribution in [0.1, 0.15) is 42.4 Å². The number of rotatable bonds is 2. The Kier molecular flexibility index (Phi) is 4.95. The van der Waals surface area contributed by atoms with Crippen LogP contribution in [0.15, 0.2) is 59.7 Å². The van der Waals surface area contributed by atoms with Crippen molar-refractivity contribution in [2.75, 3.05) is 13.2 Å². The Morgan fingerprint density at radius 1 is 0.971 bits per heavy atom. The Hall–Kier alpha value is -3.58. The predicted molar refractivity (Wildman–Crippen MR) is 126 cm³/mol. The Balaban J connectivity index is 1.56. The van der Waals surface area contributed by atoms with Crippen molar-refractivity contribution in [1.82, 2.24) is 4.98 Å². The Labute approximate surface area is 196 Å². The van der Waals surface area contributed by atoms with Crippen LogP contribution in [-0.2, 0) is 10.3 Å². The summed E-state index contributed by atoms with van der Waals surface area (Å²) in [6.07, 6.45) is 8.48. The van der Waals surface area contributed by atoms with E-state index < -0.39 is 17.2 Å². The van der Waals surface area contributed by atoms with Gasteiger partial charge in [-0.05, 0) is 78.8 Å². The minimum atomic E-state index is -0.997. The van der Waals surface area contributed by atoms with E-state index in [9.17, 15) is 8.78 Å². The van der Waals surface area contributed by atoms with E-state index in [0.717, 1.165) is 42.5 Å². The molecule has 6 rings (SSSR count). The van der Waals surface area contributed by atoms with Crippen LogP contribution in [0.5, 0.6) is 11.6 Å². The molecule has 1 aliphatic carbocycles. The van der Waals surface area contributed by atoms with E-state index in [-0.39, 0.29) is 18.8 Å². The Morgan fingerprint density at radius 3 is 2.68 bits per heavy atom. The third kappa shape index (κ3) is 3.39. The Morgan fingerprint density at radius 2 is 1.85 bits per heavy atom. The number of nitrogens with zero attached hydrogens (tertiary/aromatic N) is 2. The van der Waals surface area contributed by atoms with Gasteiger partial charge in [0.25, 0.3) is 0 Å². The highest BCUT2D eigenvalue weighted by Crippen LogP contribution is 2.51. The number of fused-ring (bicyclic) bond motifs is 4. The third-order valence-electron chi connectivity index (χ3n) is 6.73. The number of amidine groups is 1. The molecular weight excluding hydrogens is 436 g/mol. The summed E-state index contributed by atoms with van der Waals surface area (Å²) in [5, 5.41) is 0. The van der Waals surface area contributed by atoms with Crippen molar-refractivity contribution < 1.29 is 18.3 Å². The summed E-state index contributed by atoms with van der Waals surface area (Å²) in [7, 11) is 0. The van der Waals surface area contributed by atoms with Gasteiger partial charge in [0.2, 0.25) is 5.88 Å². The van der Waals surface area contributed by atoms with Crippen LogP contribution < -0.4 is 10.5 Å². The molecule has 0 radical (unpaired) electrons. The van der Waals surface area contributed by atoms with Gasteiger partial charge in [0, 0.05) is 22.9 Å². The quantitative estimate of drug-likeness (QED) is 0.532. The fraction of sp³-hybridized carbons (Fsp3) is 0.259. The smallest absolute Gasteiger partial charge is 0.225 e. The zero-order valence-electron chi connectivity index (χ0n) is 18.5. The van der Waals surface area contributed by atoms with E-state index >= 15 is 0 Å². The molecule has 5 nitrogen and oxygen atoms in total. The molecule has 3 aromatic rings. The summed E-state index contributed by atoms with van der Waals surface area (Å²) in [6.45, 7) is 0.458. The zero-order valence-corrected chi connectivity index (χ0v) is 18.5. The average Bonchev–Trinajstić information content (AvgIpc) is 2.86. The molecule has 2 N–H and O–H groups in total. The second-order valence-corrected chi connectivity index (χ2v) is 8.95. The van der Waals surface area contributed by atoms with Gasteiger partial charge in [-0.25, -0.2) is 13.8 Å². The highest BCUT2D eigenvalue weighted by atomic mass is 19.1. The van der Waals surface area contributed by atoms with Crippen molar-refractivity contribution in [2.24, 2.45) is 10.7 Å².